The summed E-state index contributed by atoms with van der Waals surface area (Å²) in [6.07, 6.45) is 0.479. The van der Waals surface area contributed by atoms with E-state index >= 15 is 0 Å². The Morgan fingerprint density at radius 1 is 1.10 bits per heavy atom. The maximum atomic E-state index is 13.2. The van der Waals surface area contributed by atoms with Crippen molar-refractivity contribution in [2.75, 3.05) is 36.8 Å². The molecule has 0 saturated heterocycles. The number of hydrogen-bond donors (Lipinski definition) is 0. The Kier molecular flexibility index (Phi) is 8.78. The third kappa shape index (κ3) is 6.45. The van der Waals surface area contributed by atoms with Crippen molar-refractivity contribution in [3.05, 3.63) is 52.5 Å². The highest BCUT2D eigenvalue weighted by Gasteiger charge is 2.21. The maximum Gasteiger partial charge on any atom is 0.229 e. The lowest BCUT2D eigenvalue weighted by Gasteiger charge is -2.24. The summed E-state index contributed by atoms with van der Waals surface area (Å²) in [7, 11) is 0. The highest BCUT2D eigenvalue weighted by Crippen LogP contribution is 2.33. The van der Waals surface area contributed by atoms with Gasteiger partial charge >= 0.3 is 0 Å². The normalized spacial score (nSPS) is 11.4. The topological polar surface area (TPSA) is 36.4 Å². The fraction of sp³-hybridized carbons (Fsp3) is 0.417. The highest BCUT2D eigenvalue weighted by atomic mass is 35.5. The zero-order valence-corrected chi connectivity index (χ0v) is 21.0. The van der Waals surface area contributed by atoms with Gasteiger partial charge in [0.05, 0.1) is 10.2 Å². The highest BCUT2D eigenvalue weighted by molar-refractivity contribution is 7.99. The van der Waals surface area contributed by atoms with Crippen LogP contribution in [0.4, 0.5) is 5.13 Å². The Morgan fingerprint density at radius 3 is 2.48 bits per heavy atom. The summed E-state index contributed by atoms with van der Waals surface area (Å²) >= 11 is 9.51. The van der Waals surface area contributed by atoms with Crippen molar-refractivity contribution in [2.24, 2.45) is 0 Å². The number of anilines is 1. The number of halogens is 1. The monoisotopic (exact) mass is 475 g/mol. The molecule has 7 heteroatoms. The van der Waals surface area contributed by atoms with Gasteiger partial charge in [-0.2, -0.15) is 0 Å². The fourth-order valence-corrected chi connectivity index (χ4v) is 5.70. The van der Waals surface area contributed by atoms with Crippen molar-refractivity contribution in [2.45, 2.75) is 39.0 Å². The molecule has 1 aromatic heterocycles. The molecule has 0 unspecified atom stereocenters. The first-order valence-corrected chi connectivity index (χ1v) is 12.9. The average Bonchev–Trinajstić information content (AvgIpc) is 3.16. The van der Waals surface area contributed by atoms with Crippen molar-refractivity contribution in [1.82, 2.24) is 9.88 Å². The van der Waals surface area contributed by atoms with Gasteiger partial charge in [-0.15, -0.1) is 11.8 Å². The van der Waals surface area contributed by atoms with E-state index in [1.165, 1.54) is 10.5 Å². The number of aromatic nitrogens is 1. The van der Waals surface area contributed by atoms with Crippen LogP contribution >= 0.6 is 34.7 Å². The van der Waals surface area contributed by atoms with E-state index in [0.29, 0.717) is 18.0 Å². The Bertz CT molecular complexity index is 1020. The van der Waals surface area contributed by atoms with Crippen molar-refractivity contribution in [3.63, 3.8) is 0 Å². The first-order valence-electron chi connectivity index (χ1n) is 10.7. The Balaban J connectivity index is 1.76. The maximum absolute atomic E-state index is 13.2. The number of carbonyl (C=O) groups is 1. The molecule has 0 aliphatic rings. The number of carbonyl (C=O) groups excluding carboxylic acids is 1. The summed E-state index contributed by atoms with van der Waals surface area (Å²) < 4.78 is 1.02. The summed E-state index contributed by atoms with van der Waals surface area (Å²) in [6.45, 7) is 11.8. The number of likely N-dealkylation sites (N-methyl/N-ethyl adjacent to an activating group) is 1. The van der Waals surface area contributed by atoms with E-state index in [2.05, 4.69) is 49.9 Å². The van der Waals surface area contributed by atoms with Gasteiger partial charge in [0.2, 0.25) is 5.91 Å². The second kappa shape index (κ2) is 11.3. The van der Waals surface area contributed by atoms with Crippen LogP contribution in [0.3, 0.4) is 0 Å². The minimum absolute atomic E-state index is 0.120. The SMILES string of the molecule is CCN(CC)CCN(C(=O)CCSc1ccc(C)cc1)c1nc2c(C)cc(Cl)cc2s1. The molecule has 0 aliphatic heterocycles. The van der Waals surface area contributed by atoms with E-state index in [4.69, 9.17) is 16.6 Å². The van der Waals surface area contributed by atoms with E-state index in [1.54, 1.807) is 23.1 Å². The fourth-order valence-electron chi connectivity index (χ4n) is 3.39. The standard InChI is InChI=1S/C24H30ClN3OS2/c1-5-27(6-2)12-13-28(22(29)11-14-30-20-9-7-17(3)8-10-20)24-26-23-18(4)15-19(25)16-21(23)31-24/h7-10,15-16H,5-6,11-14H2,1-4H3. The summed E-state index contributed by atoms with van der Waals surface area (Å²) in [5.74, 6) is 0.869. The van der Waals surface area contributed by atoms with Gasteiger partial charge < -0.3 is 4.90 Å². The molecule has 0 N–H and O–H groups in total. The molecule has 4 nitrogen and oxygen atoms in total. The summed E-state index contributed by atoms with van der Waals surface area (Å²) in [4.78, 5) is 23.5. The third-order valence-electron chi connectivity index (χ3n) is 5.31. The van der Waals surface area contributed by atoms with Gasteiger partial charge in [-0.3, -0.25) is 9.69 Å². The van der Waals surface area contributed by atoms with Crippen LogP contribution in [0.25, 0.3) is 10.2 Å². The molecule has 3 aromatic rings. The van der Waals surface area contributed by atoms with Crippen LogP contribution < -0.4 is 4.90 Å². The summed E-state index contributed by atoms with van der Waals surface area (Å²) in [6, 6.07) is 12.3. The van der Waals surface area contributed by atoms with Crippen molar-refractivity contribution in [1.29, 1.82) is 0 Å². The van der Waals surface area contributed by atoms with Gasteiger partial charge in [-0.1, -0.05) is 54.5 Å². The molecular weight excluding hydrogens is 446 g/mol. The zero-order valence-electron chi connectivity index (χ0n) is 18.7. The molecule has 166 valence electrons. The first-order chi connectivity index (χ1) is 14.9. The molecule has 2 aromatic carbocycles. The van der Waals surface area contributed by atoms with Crippen LogP contribution in [-0.4, -0.2) is 47.7 Å². The Hall–Kier alpha value is -1.60. The molecule has 0 aliphatic carbocycles. The second-order valence-electron chi connectivity index (χ2n) is 7.55. The summed E-state index contributed by atoms with van der Waals surface area (Å²) in [5, 5.41) is 1.47. The number of benzene rings is 2. The molecular formula is C24H30ClN3OS2. The predicted octanol–water partition coefficient (Wildman–Crippen LogP) is 6.42. The molecule has 0 saturated carbocycles. The van der Waals surface area contributed by atoms with Gasteiger partial charge in [-0.25, -0.2) is 4.98 Å². The van der Waals surface area contributed by atoms with Crippen LogP contribution in [0.5, 0.6) is 0 Å². The Labute approximate surface area is 198 Å². The molecule has 0 spiro atoms. The zero-order chi connectivity index (χ0) is 22.4. The molecule has 3 rings (SSSR count). The lowest BCUT2D eigenvalue weighted by molar-refractivity contribution is -0.118. The van der Waals surface area contributed by atoms with E-state index in [9.17, 15) is 4.79 Å². The molecule has 0 fully saturated rings. The number of hydrogen-bond acceptors (Lipinski definition) is 5. The van der Waals surface area contributed by atoms with E-state index < -0.39 is 0 Å². The molecule has 0 bridgehead atoms. The van der Waals surface area contributed by atoms with Crippen LogP contribution in [-0.2, 0) is 4.79 Å². The molecule has 0 atom stereocenters. The van der Waals surface area contributed by atoms with Crippen LogP contribution in [0.1, 0.15) is 31.4 Å². The number of aryl methyl sites for hydroxylation is 2. The van der Waals surface area contributed by atoms with Crippen molar-refractivity contribution >= 4 is 56.0 Å². The average molecular weight is 476 g/mol. The van der Waals surface area contributed by atoms with E-state index in [-0.39, 0.29) is 5.91 Å². The number of thiazole rings is 1. The third-order valence-corrected chi connectivity index (χ3v) is 7.57. The summed E-state index contributed by atoms with van der Waals surface area (Å²) in [5.41, 5.74) is 3.21. The van der Waals surface area contributed by atoms with Crippen LogP contribution in [0, 0.1) is 13.8 Å². The lowest BCUT2D eigenvalue weighted by atomic mass is 10.2. The van der Waals surface area contributed by atoms with Gasteiger partial charge in [-0.05, 0) is 56.8 Å². The number of nitrogens with zero attached hydrogens (tertiary/aromatic N) is 3. The van der Waals surface area contributed by atoms with Gasteiger partial charge in [0, 0.05) is 35.2 Å². The predicted molar refractivity (Wildman–Crippen MR) is 136 cm³/mol. The lowest BCUT2D eigenvalue weighted by Crippen LogP contribution is -2.39. The van der Waals surface area contributed by atoms with Gasteiger partial charge in [0.15, 0.2) is 5.13 Å². The number of amides is 1. The van der Waals surface area contributed by atoms with Crippen LogP contribution in [0.15, 0.2) is 41.3 Å². The largest absolute Gasteiger partial charge is 0.302 e. The number of fused-ring (bicyclic) bond motifs is 1. The second-order valence-corrected chi connectivity index (χ2v) is 10.2. The molecule has 31 heavy (non-hydrogen) atoms. The molecule has 1 heterocycles. The quantitative estimate of drug-likeness (QED) is 0.317. The minimum atomic E-state index is 0.120. The molecule has 0 radical (unpaired) electrons. The molecule has 1 amide bonds. The van der Waals surface area contributed by atoms with E-state index in [0.717, 1.165) is 46.3 Å². The van der Waals surface area contributed by atoms with E-state index in [1.807, 2.05) is 24.0 Å². The smallest absolute Gasteiger partial charge is 0.229 e. The number of thioether (sulfide) groups is 1. The Morgan fingerprint density at radius 2 is 1.81 bits per heavy atom. The van der Waals surface area contributed by atoms with Gasteiger partial charge in [0.25, 0.3) is 0 Å². The van der Waals surface area contributed by atoms with Crippen molar-refractivity contribution in [3.8, 4) is 0 Å². The van der Waals surface area contributed by atoms with Gasteiger partial charge in [0.1, 0.15) is 0 Å². The minimum Gasteiger partial charge on any atom is -0.302 e. The first kappa shape index (κ1) is 24.1. The van der Waals surface area contributed by atoms with Crippen molar-refractivity contribution < 1.29 is 4.79 Å². The van der Waals surface area contributed by atoms with Crippen LogP contribution in [0.2, 0.25) is 5.02 Å². The number of rotatable bonds is 10.